The topological polar surface area (TPSA) is 9.72 Å². The van der Waals surface area contributed by atoms with Crippen LogP contribution in [0.25, 0.3) is 0 Å². The van der Waals surface area contributed by atoms with Gasteiger partial charge in [0.25, 0.3) is 0 Å². The lowest BCUT2D eigenvalue weighted by Crippen LogP contribution is -2.52. The van der Waals surface area contributed by atoms with E-state index in [0.717, 1.165) is 18.1 Å². The first-order valence-electron chi connectivity index (χ1n) is 8.92. The average molecular weight is 296 g/mol. The van der Waals surface area contributed by atoms with Crippen LogP contribution in [0.15, 0.2) is 0 Å². The molecule has 0 aromatic rings. The number of piperidine rings is 1. The summed E-state index contributed by atoms with van der Waals surface area (Å²) in [7, 11) is 6.79. The van der Waals surface area contributed by atoms with Crippen molar-refractivity contribution in [2.24, 2.45) is 0 Å². The molecule has 124 valence electrons. The highest BCUT2D eigenvalue weighted by molar-refractivity contribution is 4.90. The van der Waals surface area contributed by atoms with Crippen LogP contribution in [-0.2, 0) is 0 Å². The van der Waals surface area contributed by atoms with Gasteiger partial charge in [-0.05, 0) is 87.1 Å². The maximum atomic E-state index is 2.79. The van der Waals surface area contributed by atoms with Gasteiger partial charge >= 0.3 is 0 Å². The summed E-state index contributed by atoms with van der Waals surface area (Å²) in [4.78, 5) is 7.82. The highest BCUT2D eigenvalue weighted by atomic mass is 15.2. The van der Waals surface area contributed by atoms with Gasteiger partial charge in [-0.1, -0.05) is 6.42 Å². The molecule has 1 aliphatic heterocycles. The second-order valence-corrected chi connectivity index (χ2v) is 8.49. The van der Waals surface area contributed by atoms with E-state index in [2.05, 4.69) is 56.6 Å². The molecule has 0 bridgehead atoms. The van der Waals surface area contributed by atoms with E-state index in [1.54, 1.807) is 0 Å². The van der Waals surface area contributed by atoms with Crippen molar-refractivity contribution >= 4 is 0 Å². The lowest BCUT2D eigenvalue weighted by molar-refractivity contribution is 0.0344. The predicted molar refractivity (Wildman–Crippen MR) is 91.8 cm³/mol. The summed E-state index contributed by atoms with van der Waals surface area (Å²) in [6, 6.07) is 2.41. The Morgan fingerprint density at radius 1 is 0.857 bits per heavy atom. The molecule has 0 amide bonds. The van der Waals surface area contributed by atoms with Crippen LogP contribution in [0.1, 0.15) is 59.3 Å². The number of hydrogen-bond acceptors (Lipinski definition) is 3. The first-order chi connectivity index (χ1) is 9.79. The van der Waals surface area contributed by atoms with Crippen LogP contribution in [-0.4, -0.2) is 72.6 Å². The van der Waals surface area contributed by atoms with E-state index in [1.807, 2.05) is 0 Å². The Hall–Kier alpha value is -0.120. The second kappa shape index (κ2) is 6.97. The molecule has 2 rings (SSSR count). The Bertz CT molecular complexity index is 313. The van der Waals surface area contributed by atoms with Crippen molar-refractivity contribution in [3.05, 3.63) is 0 Å². The van der Waals surface area contributed by atoms with Gasteiger partial charge in [0.2, 0.25) is 0 Å². The van der Waals surface area contributed by atoms with Crippen molar-refractivity contribution in [3.8, 4) is 0 Å². The monoisotopic (exact) mass is 295 g/mol. The Kier molecular flexibility index (Phi) is 5.72. The van der Waals surface area contributed by atoms with Crippen LogP contribution < -0.4 is 0 Å². The third kappa shape index (κ3) is 4.43. The van der Waals surface area contributed by atoms with Gasteiger partial charge in [0.05, 0.1) is 0 Å². The first-order valence-corrected chi connectivity index (χ1v) is 8.92. The molecule has 3 heteroatoms. The number of rotatable bonds is 3. The van der Waals surface area contributed by atoms with E-state index in [-0.39, 0.29) is 0 Å². The van der Waals surface area contributed by atoms with Gasteiger partial charge in [0.1, 0.15) is 0 Å². The third-order valence-electron chi connectivity index (χ3n) is 5.97. The molecule has 3 nitrogen and oxygen atoms in total. The molecule has 0 unspecified atom stereocenters. The standard InChI is InChI=1S/C18H37N3/c1-18(2,3)20(6)16-8-7-9-17(14-16)21-12-10-15(11-13-21)19(4)5/h15-17H,7-14H2,1-6H3/t16-,17-/m0/s1. The van der Waals surface area contributed by atoms with Crippen LogP contribution in [0, 0.1) is 0 Å². The molecule has 0 aromatic heterocycles. The molecule has 2 atom stereocenters. The summed E-state index contributed by atoms with van der Waals surface area (Å²) >= 11 is 0. The first kappa shape index (κ1) is 17.2. The van der Waals surface area contributed by atoms with Crippen LogP contribution in [0.2, 0.25) is 0 Å². The highest BCUT2D eigenvalue weighted by Gasteiger charge is 2.34. The van der Waals surface area contributed by atoms with Crippen LogP contribution >= 0.6 is 0 Å². The van der Waals surface area contributed by atoms with Crippen molar-refractivity contribution in [1.82, 2.24) is 14.7 Å². The lowest BCUT2D eigenvalue weighted by atomic mass is 9.86. The molecule has 1 aliphatic carbocycles. The van der Waals surface area contributed by atoms with Crippen molar-refractivity contribution in [2.75, 3.05) is 34.2 Å². The summed E-state index contributed by atoms with van der Waals surface area (Å²) in [6.45, 7) is 9.65. The maximum Gasteiger partial charge on any atom is 0.0124 e. The Labute approximate surface area is 132 Å². The maximum absolute atomic E-state index is 2.79. The Balaban J connectivity index is 1.87. The largest absolute Gasteiger partial charge is 0.306 e. The zero-order chi connectivity index (χ0) is 15.6. The van der Waals surface area contributed by atoms with E-state index in [1.165, 1.54) is 51.6 Å². The summed E-state index contributed by atoms with van der Waals surface area (Å²) in [5.74, 6) is 0. The number of likely N-dealkylation sites (tertiary alicyclic amines) is 1. The van der Waals surface area contributed by atoms with Crippen LogP contribution in [0.5, 0.6) is 0 Å². The minimum Gasteiger partial charge on any atom is -0.306 e. The minimum atomic E-state index is 0.296. The lowest BCUT2D eigenvalue weighted by Gasteiger charge is -2.46. The zero-order valence-corrected chi connectivity index (χ0v) is 15.2. The molecule has 0 radical (unpaired) electrons. The fourth-order valence-corrected chi connectivity index (χ4v) is 4.14. The number of hydrogen-bond donors (Lipinski definition) is 0. The molecule has 2 aliphatic rings. The van der Waals surface area contributed by atoms with E-state index in [4.69, 9.17) is 0 Å². The number of nitrogens with zero attached hydrogens (tertiary/aromatic N) is 3. The molecule has 21 heavy (non-hydrogen) atoms. The van der Waals surface area contributed by atoms with E-state index in [0.29, 0.717) is 5.54 Å². The molecular formula is C18H37N3. The molecule has 0 N–H and O–H groups in total. The Morgan fingerprint density at radius 2 is 1.48 bits per heavy atom. The quantitative estimate of drug-likeness (QED) is 0.792. The van der Waals surface area contributed by atoms with E-state index in [9.17, 15) is 0 Å². The average Bonchev–Trinajstić information content (AvgIpc) is 2.45. The zero-order valence-electron chi connectivity index (χ0n) is 15.2. The van der Waals surface area contributed by atoms with Crippen molar-refractivity contribution < 1.29 is 0 Å². The summed E-state index contributed by atoms with van der Waals surface area (Å²) in [5, 5.41) is 0. The minimum absolute atomic E-state index is 0.296. The van der Waals surface area contributed by atoms with E-state index < -0.39 is 0 Å². The van der Waals surface area contributed by atoms with Gasteiger partial charge in [0.15, 0.2) is 0 Å². The summed E-state index contributed by atoms with van der Waals surface area (Å²) in [5.41, 5.74) is 0.296. The van der Waals surface area contributed by atoms with Crippen LogP contribution in [0.4, 0.5) is 0 Å². The molecule has 2 fully saturated rings. The summed E-state index contributed by atoms with van der Waals surface area (Å²) < 4.78 is 0. The predicted octanol–water partition coefficient (Wildman–Crippen LogP) is 3.05. The summed E-state index contributed by atoms with van der Waals surface area (Å²) in [6.07, 6.45) is 8.29. The smallest absolute Gasteiger partial charge is 0.0124 e. The van der Waals surface area contributed by atoms with E-state index >= 15 is 0 Å². The Morgan fingerprint density at radius 3 is 2.00 bits per heavy atom. The molecule has 1 saturated carbocycles. The van der Waals surface area contributed by atoms with Gasteiger partial charge in [0, 0.05) is 23.7 Å². The van der Waals surface area contributed by atoms with Crippen molar-refractivity contribution in [3.63, 3.8) is 0 Å². The molecule has 0 spiro atoms. The van der Waals surface area contributed by atoms with Gasteiger partial charge in [-0.2, -0.15) is 0 Å². The molecule has 0 aromatic carbocycles. The van der Waals surface area contributed by atoms with Crippen molar-refractivity contribution in [2.45, 2.75) is 83.0 Å². The van der Waals surface area contributed by atoms with Crippen LogP contribution in [0.3, 0.4) is 0 Å². The normalized spacial score (nSPS) is 30.3. The molecular weight excluding hydrogens is 258 g/mol. The van der Waals surface area contributed by atoms with Gasteiger partial charge in [-0.25, -0.2) is 0 Å². The van der Waals surface area contributed by atoms with Gasteiger partial charge in [-0.15, -0.1) is 0 Å². The fourth-order valence-electron chi connectivity index (χ4n) is 4.14. The molecule has 1 heterocycles. The second-order valence-electron chi connectivity index (χ2n) is 8.49. The third-order valence-corrected chi connectivity index (χ3v) is 5.97. The van der Waals surface area contributed by atoms with Gasteiger partial charge in [-0.3, -0.25) is 4.90 Å². The van der Waals surface area contributed by atoms with Gasteiger partial charge < -0.3 is 9.80 Å². The highest BCUT2D eigenvalue weighted by Crippen LogP contribution is 2.31. The van der Waals surface area contributed by atoms with Crippen molar-refractivity contribution in [1.29, 1.82) is 0 Å². The molecule has 1 saturated heterocycles. The SMILES string of the molecule is CN(C)C1CCN([C@H]2CCC[C@H](N(C)C(C)(C)C)C2)CC1. The fraction of sp³-hybridized carbons (Fsp3) is 1.00.